The minimum absolute atomic E-state index is 0.205. The van der Waals surface area contributed by atoms with Gasteiger partial charge < -0.3 is 15.2 Å². The molecule has 0 aromatic heterocycles. The Labute approximate surface area is 96.3 Å². The molecular weight excluding hydrogens is 229 g/mol. The van der Waals surface area contributed by atoms with Crippen molar-refractivity contribution in [3.63, 3.8) is 0 Å². The van der Waals surface area contributed by atoms with Gasteiger partial charge in [-0.15, -0.1) is 0 Å². The van der Waals surface area contributed by atoms with Crippen LogP contribution in [0.2, 0.25) is 0 Å². The number of ether oxygens (including phenoxy) is 2. The van der Waals surface area contributed by atoms with Crippen molar-refractivity contribution in [2.24, 2.45) is 0 Å². The summed E-state index contributed by atoms with van der Waals surface area (Å²) >= 11 is 0. The number of cyclic esters (lactones) is 1. The Morgan fingerprint density at radius 3 is 2.94 bits per heavy atom. The maximum absolute atomic E-state index is 13.3. The highest BCUT2D eigenvalue weighted by atomic mass is 19.1. The number of carbonyl (C=O) groups is 2. The SMILES string of the molecule is Nc1ccc(F)c(C(=O)OC2CCOC2=O)c1. The molecule has 1 heterocycles. The topological polar surface area (TPSA) is 78.6 Å². The lowest BCUT2D eigenvalue weighted by Crippen LogP contribution is -2.23. The van der Waals surface area contributed by atoms with Crippen LogP contribution in [-0.4, -0.2) is 24.6 Å². The first-order chi connectivity index (χ1) is 8.08. The third-order valence-corrected chi connectivity index (χ3v) is 2.35. The first-order valence-corrected chi connectivity index (χ1v) is 5.00. The molecule has 0 aliphatic carbocycles. The summed E-state index contributed by atoms with van der Waals surface area (Å²) < 4.78 is 22.8. The summed E-state index contributed by atoms with van der Waals surface area (Å²) in [6, 6.07) is 3.56. The Hall–Kier alpha value is -2.11. The fourth-order valence-electron chi connectivity index (χ4n) is 1.48. The summed E-state index contributed by atoms with van der Waals surface area (Å²) in [5, 5.41) is 0. The molecule has 2 rings (SSSR count). The lowest BCUT2D eigenvalue weighted by molar-refractivity contribution is -0.145. The molecule has 1 aliphatic heterocycles. The van der Waals surface area contributed by atoms with Crippen molar-refractivity contribution in [1.29, 1.82) is 0 Å². The Morgan fingerprint density at radius 1 is 1.53 bits per heavy atom. The molecule has 0 saturated carbocycles. The second-order valence-electron chi connectivity index (χ2n) is 3.59. The fraction of sp³-hybridized carbons (Fsp3) is 0.273. The minimum atomic E-state index is -0.955. The zero-order chi connectivity index (χ0) is 12.4. The molecule has 5 nitrogen and oxygen atoms in total. The molecule has 0 radical (unpaired) electrons. The second kappa shape index (κ2) is 4.40. The van der Waals surface area contributed by atoms with E-state index in [0.717, 1.165) is 12.1 Å². The summed E-state index contributed by atoms with van der Waals surface area (Å²) in [7, 11) is 0. The molecule has 1 saturated heterocycles. The molecule has 1 atom stereocenters. The van der Waals surface area contributed by atoms with Gasteiger partial charge in [0.1, 0.15) is 5.82 Å². The Kier molecular flexibility index (Phi) is 2.95. The number of nitrogen functional groups attached to an aromatic ring is 1. The molecular formula is C11H10FNO4. The third kappa shape index (κ3) is 2.35. The van der Waals surface area contributed by atoms with Crippen LogP contribution in [0.1, 0.15) is 16.8 Å². The molecule has 0 spiro atoms. The molecule has 0 bridgehead atoms. The summed E-state index contributed by atoms with van der Waals surface area (Å²) in [6.07, 6.45) is -0.669. The van der Waals surface area contributed by atoms with E-state index in [2.05, 4.69) is 4.74 Å². The first-order valence-electron chi connectivity index (χ1n) is 5.00. The van der Waals surface area contributed by atoms with E-state index in [4.69, 9.17) is 10.5 Å². The van der Waals surface area contributed by atoms with Crippen molar-refractivity contribution in [2.45, 2.75) is 12.5 Å². The van der Waals surface area contributed by atoms with E-state index in [1.165, 1.54) is 6.07 Å². The van der Waals surface area contributed by atoms with Gasteiger partial charge in [-0.2, -0.15) is 0 Å². The average molecular weight is 239 g/mol. The number of nitrogens with two attached hydrogens (primary N) is 1. The van der Waals surface area contributed by atoms with E-state index in [1.54, 1.807) is 0 Å². The zero-order valence-corrected chi connectivity index (χ0v) is 8.81. The first kappa shape index (κ1) is 11.4. The van der Waals surface area contributed by atoms with Crippen molar-refractivity contribution >= 4 is 17.6 Å². The highest BCUT2D eigenvalue weighted by Gasteiger charge is 2.31. The second-order valence-corrected chi connectivity index (χ2v) is 3.59. The summed E-state index contributed by atoms with van der Waals surface area (Å²) in [6.45, 7) is 0.205. The van der Waals surface area contributed by atoms with Crippen molar-refractivity contribution in [3.8, 4) is 0 Å². The third-order valence-electron chi connectivity index (χ3n) is 2.35. The molecule has 1 aromatic rings. The molecule has 1 aliphatic rings. The number of carbonyl (C=O) groups excluding carboxylic acids is 2. The summed E-state index contributed by atoms with van der Waals surface area (Å²) in [4.78, 5) is 22.7. The normalized spacial score (nSPS) is 18.9. The monoisotopic (exact) mass is 239 g/mol. The summed E-state index contributed by atoms with van der Waals surface area (Å²) in [5.74, 6) is -2.27. The van der Waals surface area contributed by atoms with Crippen LogP contribution in [-0.2, 0) is 14.3 Å². The van der Waals surface area contributed by atoms with E-state index >= 15 is 0 Å². The highest BCUT2D eigenvalue weighted by molar-refractivity contribution is 5.92. The van der Waals surface area contributed by atoms with Gasteiger partial charge in [0.2, 0.25) is 6.10 Å². The quantitative estimate of drug-likeness (QED) is 0.612. The standard InChI is InChI=1S/C11H10FNO4/c12-8-2-1-6(13)5-7(8)10(14)17-9-3-4-16-11(9)15/h1-2,5,9H,3-4,13H2. The smallest absolute Gasteiger partial charge is 0.347 e. The van der Waals surface area contributed by atoms with Crippen LogP contribution in [0.3, 0.4) is 0 Å². The number of halogens is 1. The number of hydrogen-bond donors (Lipinski definition) is 1. The van der Waals surface area contributed by atoms with E-state index in [-0.39, 0.29) is 24.3 Å². The number of anilines is 1. The highest BCUT2D eigenvalue weighted by Crippen LogP contribution is 2.17. The van der Waals surface area contributed by atoms with E-state index in [0.29, 0.717) is 0 Å². The predicted octanol–water partition coefficient (Wildman–Crippen LogP) is 0.880. The predicted molar refractivity (Wildman–Crippen MR) is 55.6 cm³/mol. The van der Waals surface area contributed by atoms with Crippen LogP contribution >= 0.6 is 0 Å². The average Bonchev–Trinajstić information content (AvgIpc) is 2.68. The zero-order valence-electron chi connectivity index (χ0n) is 8.81. The molecule has 6 heteroatoms. The van der Waals surface area contributed by atoms with Gasteiger partial charge in [-0.1, -0.05) is 0 Å². The van der Waals surface area contributed by atoms with Crippen LogP contribution in [0.15, 0.2) is 18.2 Å². The van der Waals surface area contributed by atoms with Gasteiger partial charge in [0.25, 0.3) is 0 Å². The Morgan fingerprint density at radius 2 is 2.29 bits per heavy atom. The number of rotatable bonds is 2. The van der Waals surface area contributed by atoms with Crippen LogP contribution in [0.25, 0.3) is 0 Å². The Balaban J connectivity index is 2.14. The molecule has 90 valence electrons. The number of benzene rings is 1. The van der Waals surface area contributed by atoms with Crippen LogP contribution in [0, 0.1) is 5.82 Å². The largest absolute Gasteiger partial charge is 0.463 e. The molecule has 0 amide bonds. The molecule has 1 fully saturated rings. The van der Waals surface area contributed by atoms with Gasteiger partial charge in [0.05, 0.1) is 12.2 Å². The van der Waals surface area contributed by atoms with Gasteiger partial charge in [-0.25, -0.2) is 14.0 Å². The molecule has 2 N–H and O–H groups in total. The van der Waals surface area contributed by atoms with Crippen LogP contribution in [0.5, 0.6) is 0 Å². The van der Waals surface area contributed by atoms with Gasteiger partial charge >= 0.3 is 11.9 Å². The minimum Gasteiger partial charge on any atom is -0.463 e. The van der Waals surface area contributed by atoms with Crippen molar-refractivity contribution < 1.29 is 23.5 Å². The Bertz CT molecular complexity index is 475. The van der Waals surface area contributed by atoms with Crippen molar-refractivity contribution in [2.75, 3.05) is 12.3 Å². The molecule has 1 unspecified atom stereocenters. The summed E-state index contributed by atoms with van der Waals surface area (Å²) in [5.41, 5.74) is 5.39. The number of esters is 2. The molecule has 17 heavy (non-hydrogen) atoms. The lowest BCUT2D eigenvalue weighted by atomic mass is 10.2. The van der Waals surface area contributed by atoms with E-state index < -0.39 is 23.9 Å². The van der Waals surface area contributed by atoms with E-state index in [9.17, 15) is 14.0 Å². The van der Waals surface area contributed by atoms with Gasteiger partial charge in [0, 0.05) is 12.1 Å². The fourth-order valence-corrected chi connectivity index (χ4v) is 1.48. The van der Waals surface area contributed by atoms with Crippen LogP contribution in [0.4, 0.5) is 10.1 Å². The molecule has 1 aromatic carbocycles. The van der Waals surface area contributed by atoms with E-state index in [1.807, 2.05) is 0 Å². The lowest BCUT2D eigenvalue weighted by Gasteiger charge is -2.09. The van der Waals surface area contributed by atoms with Crippen LogP contribution < -0.4 is 5.73 Å². The maximum atomic E-state index is 13.3. The van der Waals surface area contributed by atoms with Crippen molar-refractivity contribution in [1.82, 2.24) is 0 Å². The van der Waals surface area contributed by atoms with Gasteiger partial charge in [0.15, 0.2) is 0 Å². The number of hydrogen-bond acceptors (Lipinski definition) is 5. The maximum Gasteiger partial charge on any atom is 0.347 e. The van der Waals surface area contributed by atoms with Gasteiger partial charge in [-0.3, -0.25) is 0 Å². The van der Waals surface area contributed by atoms with Gasteiger partial charge in [-0.05, 0) is 18.2 Å². The van der Waals surface area contributed by atoms with Crippen molar-refractivity contribution in [3.05, 3.63) is 29.6 Å².